The molecule has 5 rings (SSSR count). The van der Waals surface area contributed by atoms with E-state index in [9.17, 15) is 14.4 Å². The van der Waals surface area contributed by atoms with E-state index in [1.165, 1.54) is 4.90 Å². The van der Waals surface area contributed by atoms with Gasteiger partial charge in [-0.05, 0) is 38.6 Å². The summed E-state index contributed by atoms with van der Waals surface area (Å²) in [4.78, 5) is 44.1. The molecule has 3 aliphatic rings. The third-order valence-corrected chi connectivity index (χ3v) is 6.01. The molecule has 2 aromatic rings. The zero-order valence-corrected chi connectivity index (χ0v) is 16.8. The largest absolute Gasteiger partial charge is 0.333 e. The topological polar surface area (TPSA) is 73.0 Å². The number of anilines is 1. The highest BCUT2D eigenvalue weighted by Crippen LogP contribution is 2.43. The van der Waals surface area contributed by atoms with Gasteiger partial charge in [0.15, 0.2) is 0 Å². The molecule has 3 aliphatic heterocycles. The van der Waals surface area contributed by atoms with Crippen molar-refractivity contribution in [3.63, 3.8) is 0 Å². The van der Waals surface area contributed by atoms with E-state index in [-0.39, 0.29) is 35.6 Å². The molecule has 3 saturated heterocycles. The molecular formula is C22H24N4O3. The van der Waals surface area contributed by atoms with Gasteiger partial charge in [0.25, 0.3) is 5.91 Å². The zero-order chi connectivity index (χ0) is 20.5. The fourth-order valence-corrected chi connectivity index (χ4v) is 4.91. The number of hydrogen-bond donors (Lipinski definition) is 1. The number of amides is 5. The van der Waals surface area contributed by atoms with Crippen molar-refractivity contribution in [1.29, 1.82) is 0 Å². The van der Waals surface area contributed by atoms with Crippen LogP contribution in [0.2, 0.25) is 0 Å². The van der Waals surface area contributed by atoms with Crippen LogP contribution in [0.25, 0.3) is 10.8 Å². The van der Waals surface area contributed by atoms with E-state index in [0.29, 0.717) is 18.7 Å². The van der Waals surface area contributed by atoms with Crippen LogP contribution in [-0.2, 0) is 4.79 Å². The highest BCUT2D eigenvalue weighted by molar-refractivity contribution is 6.25. The number of carbonyl (C=O) groups excluding carboxylic acids is 3. The van der Waals surface area contributed by atoms with Crippen LogP contribution in [0.4, 0.5) is 15.3 Å². The molecule has 2 aromatic carbocycles. The van der Waals surface area contributed by atoms with Crippen LogP contribution in [0.5, 0.6) is 0 Å². The molecule has 150 valence electrons. The highest BCUT2D eigenvalue weighted by Gasteiger charge is 2.63. The number of nitrogens with one attached hydrogen (secondary N) is 1. The molecule has 3 atom stereocenters. The first-order valence-electron chi connectivity index (χ1n) is 9.99. The lowest BCUT2D eigenvalue weighted by Gasteiger charge is -2.36. The maximum absolute atomic E-state index is 13.4. The van der Waals surface area contributed by atoms with Crippen LogP contribution in [0.1, 0.15) is 27.2 Å². The van der Waals surface area contributed by atoms with Crippen molar-refractivity contribution in [2.24, 2.45) is 0 Å². The lowest BCUT2D eigenvalue weighted by atomic mass is 10.1. The van der Waals surface area contributed by atoms with E-state index in [2.05, 4.69) is 5.32 Å². The van der Waals surface area contributed by atoms with Crippen LogP contribution in [-0.4, -0.2) is 58.0 Å². The quantitative estimate of drug-likeness (QED) is 0.759. The average Bonchev–Trinajstić information content (AvgIpc) is 3.32. The zero-order valence-electron chi connectivity index (χ0n) is 16.8. The summed E-state index contributed by atoms with van der Waals surface area (Å²) < 4.78 is 0. The normalized spacial score (nSPS) is 25.9. The molecule has 7 heteroatoms. The van der Waals surface area contributed by atoms with Gasteiger partial charge in [-0.15, -0.1) is 0 Å². The number of piperazine rings is 1. The van der Waals surface area contributed by atoms with E-state index in [1.807, 2.05) is 63.2 Å². The summed E-state index contributed by atoms with van der Waals surface area (Å²) in [7, 11) is 0. The fraction of sp³-hybridized carbons (Fsp3) is 0.409. The predicted octanol–water partition coefficient (Wildman–Crippen LogP) is 2.94. The first-order chi connectivity index (χ1) is 13.8. The van der Waals surface area contributed by atoms with Crippen molar-refractivity contribution >= 4 is 34.4 Å². The van der Waals surface area contributed by atoms with E-state index in [1.54, 1.807) is 9.80 Å². The predicted molar refractivity (Wildman–Crippen MR) is 110 cm³/mol. The van der Waals surface area contributed by atoms with Gasteiger partial charge in [0.2, 0.25) is 0 Å². The maximum atomic E-state index is 13.4. The van der Waals surface area contributed by atoms with Crippen molar-refractivity contribution in [1.82, 2.24) is 15.1 Å². The van der Waals surface area contributed by atoms with Gasteiger partial charge in [0.05, 0.1) is 17.8 Å². The van der Waals surface area contributed by atoms with Gasteiger partial charge < -0.3 is 15.1 Å². The number of hydrogen-bond acceptors (Lipinski definition) is 3. The molecule has 0 spiro atoms. The number of carbonyl (C=O) groups is 3. The molecule has 7 nitrogen and oxygen atoms in total. The fourth-order valence-electron chi connectivity index (χ4n) is 4.91. The maximum Gasteiger partial charge on any atom is 0.332 e. The van der Waals surface area contributed by atoms with Gasteiger partial charge in [-0.2, -0.15) is 0 Å². The average molecular weight is 392 g/mol. The van der Waals surface area contributed by atoms with Crippen LogP contribution < -0.4 is 10.2 Å². The van der Waals surface area contributed by atoms with Crippen molar-refractivity contribution in [3.05, 3.63) is 42.5 Å². The Labute approximate surface area is 169 Å². The Morgan fingerprint density at radius 3 is 2.55 bits per heavy atom. The molecular weight excluding hydrogens is 368 g/mol. The first kappa shape index (κ1) is 18.0. The van der Waals surface area contributed by atoms with E-state index in [4.69, 9.17) is 0 Å². The molecule has 3 heterocycles. The molecule has 2 bridgehead atoms. The summed E-state index contributed by atoms with van der Waals surface area (Å²) in [6, 6.07) is 11.9. The molecule has 0 aromatic heterocycles. The molecule has 0 aliphatic carbocycles. The molecule has 0 radical (unpaired) electrons. The highest BCUT2D eigenvalue weighted by atomic mass is 16.2. The monoisotopic (exact) mass is 392 g/mol. The Morgan fingerprint density at radius 2 is 1.79 bits per heavy atom. The number of urea groups is 2. The standard InChI is InChI=1S/C22H24N4O3/c1-22(2,3)23-20(28)24-12-14-11-17(24)18-19(27)26(21(29)25(14)18)16-10-6-8-13-7-4-5-9-15(13)16/h4-10,14,17-18H,11-12H2,1-3H3,(H,23,28)/t14-,17?,18+/m1/s1. The number of likely N-dealkylation sites (tertiary alicyclic amines) is 1. The number of rotatable bonds is 1. The van der Waals surface area contributed by atoms with Gasteiger partial charge in [-0.3, -0.25) is 4.79 Å². The first-order valence-corrected chi connectivity index (χ1v) is 9.99. The Balaban J connectivity index is 1.48. The summed E-state index contributed by atoms with van der Waals surface area (Å²) in [6.07, 6.45) is 0.656. The summed E-state index contributed by atoms with van der Waals surface area (Å²) in [5, 5.41) is 4.82. The molecule has 3 fully saturated rings. The minimum Gasteiger partial charge on any atom is -0.333 e. The van der Waals surface area contributed by atoms with E-state index >= 15 is 0 Å². The lowest BCUT2D eigenvalue weighted by Crippen LogP contribution is -2.59. The van der Waals surface area contributed by atoms with Crippen LogP contribution in [0, 0.1) is 0 Å². The van der Waals surface area contributed by atoms with Gasteiger partial charge in [-0.25, -0.2) is 14.5 Å². The second kappa shape index (κ2) is 5.95. The van der Waals surface area contributed by atoms with Crippen molar-refractivity contribution in [2.75, 3.05) is 11.4 Å². The minimum absolute atomic E-state index is 0.118. The van der Waals surface area contributed by atoms with Gasteiger partial charge >= 0.3 is 12.1 Å². The summed E-state index contributed by atoms with van der Waals surface area (Å²) in [5.74, 6) is -0.243. The second-order valence-corrected chi connectivity index (χ2v) is 9.10. The van der Waals surface area contributed by atoms with Crippen LogP contribution >= 0.6 is 0 Å². The molecule has 29 heavy (non-hydrogen) atoms. The Hall–Kier alpha value is -3.09. The van der Waals surface area contributed by atoms with Gasteiger partial charge in [0.1, 0.15) is 6.04 Å². The summed E-state index contributed by atoms with van der Waals surface area (Å²) in [5.41, 5.74) is 0.251. The number of imide groups is 1. The summed E-state index contributed by atoms with van der Waals surface area (Å²) in [6.45, 7) is 6.25. The van der Waals surface area contributed by atoms with E-state index < -0.39 is 6.04 Å². The Bertz CT molecular complexity index is 1040. The van der Waals surface area contributed by atoms with Gasteiger partial charge in [-0.1, -0.05) is 36.4 Å². The SMILES string of the molecule is CC(C)(C)NC(=O)N1C[C@H]2CC1[C@H]1C(=O)N(c3cccc4ccccc34)C(=O)N21. The van der Waals surface area contributed by atoms with Crippen molar-refractivity contribution in [2.45, 2.75) is 50.9 Å². The Kier molecular flexibility index (Phi) is 3.69. The second-order valence-electron chi connectivity index (χ2n) is 9.10. The van der Waals surface area contributed by atoms with E-state index in [0.717, 1.165) is 10.8 Å². The summed E-state index contributed by atoms with van der Waals surface area (Å²) >= 11 is 0. The molecule has 0 saturated carbocycles. The molecule has 5 amide bonds. The van der Waals surface area contributed by atoms with Crippen molar-refractivity contribution in [3.8, 4) is 0 Å². The lowest BCUT2D eigenvalue weighted by molar-refractivity contribution is -0.120. The molecule has 1 unspecified atom stereocenters. The van der Waals surface area contributed by atoms with Crippen molar-refractivity contribution < 1.29 is 14.4 Å². The smallest absolute Gasteiger partial charge is 0.332 e. The third-order valence-electron chi connectivity index (χ3n) is 6.01. The number of benzene rings is 2. The van der Waals surface area contributed by atoms with Crippen LogP contribution in [0.3, 0.4) is 0 Å². The van der Waals surface area contributed by atoms with Crippen LogP contribution in [0.15, 0.2) is 42.5 Å². The third kappa shape index (κ3) is 2.60. The number of fused-ring (bicyclic) bond motifs is 6. The number of nitrogens with zero attached hydrogens (tertiary/aromatic N) is 3. The van der Waals surface area contributed by atoms with Gasteiger partial charge in [0, 0.05) is 17.5 Å². The minimum atomic E-state index is -0.606. The Morgan fingerprint density at radius 1 is 1.07 bits per heavy atom. The molecule has 1 N–H and O–H groups in total.